The molecule has 2 rings (SSSR count). The average Bonchev–Trinajstić information content (AvgIpc) is 2.77. The van der Waals surface area contributed by atoms with Crippen LogP contribution >= 0.6 is 0 Å². The molecule has 0 bridgehead atoms. The minimum atomic E-state index is 0.915. The predicted octanol–water partition coefficient (Wildman–Crippen LogP) is 1.64. The SMILES string of the molecule is Cn1ccc(CNCc2cc[nH]c2)c1. The molecule has 2 N–H and O–H groups in total. The summed E-state index contributed by atoms with van der Waals surface area (Å²) in [6, 6.07) is 4.21. The van der Waals surface area contributed by atoms with Crippen LogP contribution in [0.5, 0.6) is 0 Å². The fourth-order valence-corrected chi connectivity index (χ4v) is 1.49. The first kappa shape index (κ1) is 9.09. The van der Waals surface area contributed by atoms with Crippen LogP contribution < -0.4 is 5.32 Å². The molecule has 3 heteroatoms. The molecule has 0 aliphatic rings. The van der Waals surface area contributed by atoms with Crippen molar-refractivity contribution in [2.75, 3.05) is 0 Å². The van der Waals surface area contributed by atoms with Gasteiger partial charge in [-0.15, -0.1) is 0 Å². The third-order valence-corrected chi connectivity index (χ3v) is 2.21. The second-order valence-electron chi connectivity index (χ2n) is 3.51. The second-order valence-corrected chi connectivity index (χ2v) is 3.51. The number of hydrogen-bond donors (Lipinski definition) is 2. The first-order chi connectivity index (χ1) is 6.84. The first-order valence-electron chi connectivity index (χ1n) is 4.78. The van der Waals surface area contributed by atoms with Crippen LogP contribution in [-0.2, 0) is 20.1 Å². The van der Waals surface area contributed by atoms with Gasteiger partial charge in [-0.05, 0) is 23.3 Å². The predicted molar refractivity (Wildman–Crippen MR) is 56.7 cm³/mol. The lowest BCUT2D eigenvalue weighted by Gasteiger charge is -2.00. The van der Waals surface area contributed by atoms with Gasteiger partial charge < -0.3 is 14.9 Å². The van der Waals surface area contributed by atoms with Crippen LogP contribution in [0, 0.1) is 0 Å². The van der Waals surface area contributed by atoms with E-state index in [9.17, 15) is 0 Å². The van der Waals surface area contributed by atoms with Crippen LogP contribution in [0.15, 0.2) is 36.9 Å². The van der Waals surface area contributed by atoms with Crippen molar-refractivity contribution in [3.05, 3.63) is 48.0 Å². The lowest BCUT2D eigenvalue weighted by molar-refractivity contribution is 0.692. The summed E-state index contributed by atoms with van der Waals surface area (Å²) in [5, 5.41) is 3.38. The van der Waals surface area contributed by atoms with Crippen molar-refractivity contribution in [1.29, 1.82) is 0 Å². The normalized spacial score (nSPS) is 10.6. The monoisotopic (exact) mass is 189 g/mol. The Morgan fingerprint density at radius 2 is 2.14 bits per heavy atom. The number of aryl methyl sites for hydroxylation is 1. The van der Waals surface area contributed by atoms with Crippen molar-refractivity contribution in [1.82, 2.24) is 14.9 Å². The number of rotatable bonds is 4. The van der Waals surface area contributed by atoms with E-state index in [0.717, 1.165) is 13.1 Å². The fraction of sp³-hybridized carbons (Fsp3) is 0.273. The first-order valence-corrected chi connectivity index (χ1v) is 4.78. The summed E-state index contributed by atoms with van der Waals surface area (Å²) in [4.78, 5) is 3.04. The highest BCUT2D eigenvalue weighted by molar-refractivity contribution is 5.11. The number of nitrogens with one attached hydrogen (secondary N) is 2. The maximum atomic E-state index is 3.38. The Morgan fingerprint density at radius 3 is 2.79 bits per heavy atom. The van der Waals surface area contributed by atoms with E-state index in [-0.39, 0.29) is 0 Å². The van der Waals surface area contributed by atoms with Gasteiger partial charge in [-0.25, -0.2) is 0 Å². The van der Waals surface area contributed by atoms with Crippen molar-refractivity contribution >= 4 is 0 Å². The molecule has 0 radical (unpaired) electrons. The largest absolute Gasteiger partial charge is 0.367 e. The molecule has 3 nitrogen and oxygen atoms in total. The van der Waals surface area contributed by atoms with Gasteiger partial charge in [0.15, 0.2) is 0 Å². The van der Waals surface area contributed by atoms with Crippen LogP contribution in [0.2, 0.25) is 0 Å². The average molecular weight is 189 g/mol. The van der Waals surface area contributed by atoms with E-state index < -0.39 is 0 Å². The molecule has 0 aromatic carbocycles. The van der Waals surface area contributed by atoms with Crippen LogP contribution in [-0.4, -0.2) is 9.55 Å². The Balaban J connectivity index is 1.78. The molecule has 0 spiro atoms. The Labute approximate surface area is 83.8 Å². The standard InChI is InChI=1S/C11H15N3/c1-14-5-3-11(9-14)8-13-7-10-2-4-12-6-10/h2-6,9,12-13H,7-8H2,1H3. The lowest BCUT2D eigenvalue weighted by atomic mass is 10.3. The summed E-state index contributed by atoms with van der Waals surface area (Å²) >= 11 is 0. The van der Waals surface area contributed by atoms with Crippen LogP contribution in [0.4, 0.5) is 0 Å². The summed E-state index contributed by atoms with van der Waals surface area (Å²) in [5.74, 6) is 0. The van der Waals surface area contributed by atoms with Crippen molar-refractivity contribution in [2.45, 2.75) is 13.1 Å². The number of hydrogen-bond acceptors (Lipinski definition) is 1. The molecule has 2 aromatic rings. The van der Waals surface area contributed by atoms with Crippen molar-refractivity contribution < 1.29 is 0 Å². The molecule has 0 aliphatic heterocycles. The van der Waals surface area contributed by atoms with Crippen LogP contribution in [0.3, 0.4) is 0 Å². The van der Waals surface area contributed by atoms with Gasteiger partial charge in [0.05, 0.1) is 0 Å². The number of aromatic amines is 1. The lowest BCUT2D eigenvalue weighted by Crippen LogP contribution is -2.11. The highest BCUT2D eigenvalue weighted by atomic mass is 14.9. The molecule has 0 saturated carbocycles. The van der Waals surface area contributed by atoms with Crippen molar-refractivity contribution in [3.8, 4) is 0 Å². The number of aromatic nitrogens is 2. The summed E-state index contributed by atoms with van der Waals surface area (Å²) in [6.07, 6.45) is 8.15. The second kappa shape index (κ2) is 4.15. The maximum Gasteiger partial charge on any atom is 0.0223 e. The van der Waals surface area contributed by atoms with Gasteiger partial charge in [0, 0.05) is 44.9 Å². The highest BCUT2D eigenvalue weighted by Gasteiger charge is 1.95. The molecular weight excluding hydrogens is 174 g/mol. The molecule has 0 atom stereocenters. The van der Waals surface area contributed by atoms with Gasteiger partial charge in [0.25, 0.3) is 0 Å². The smallest absolute Gasteiger partial charge is 0.0223 e. The molecular formula is C11H15N3. The van der Waals surface area contributed by atoms with E-state index in [4.69, 9.17) is 0 Å². The molecule has 74 valence electrons. The Bertz CT molecular complexity index is 373. The minimum Gasteiger partial charge on any atom is -0.367 e. The van der Waals surface area contributed by atoms with E-state index in [1.54, 1.807) is 0 Å². The van der Waals surface area contributed by atoms with Crippen molar-refractivity contribution in [2.24, 2.45) is 7.05 Å². The zero-order valence-corrected chi connectivity index (χ0v) is 8.33. The Kier molecular flexibility index (Phi) is 2.70. The fourth-order valence-electron chi connectivity index (χ4n) is 1.49. The summed E-state index contributed by atoms with van der Waals surface area (Å²) in [5.41, 5.74) is 2.61. The third kappa shape index (κ3) is 2.26. The van der Waals surface area contributed by atoms with Gasteiger partial charge in [0.2, 0.25) is 0 Å². The van der Waals surface area contributed by atoms with E-state index in [1.807, 2.05) is 19.4 Å². The topological polar surface area (TPSA) is 32.8 Å². The van der Waals surface area contributed by atoms with Gasteiger partial charge >= 0.3 is 0 Å². The molecule has 0 fully saturated rings. The quantitative estimate of drug-likeness (QED) is 0.753. The Hall–Kier alpha value is -1.48. The molecule has 0 unspecified atom stereocenters. The van der Waals surface area contributed by atoms with Crippen molar-refractivity contribution in [3.63, 3.8) is 0 Å². The molecule has 0 aliphatic carbocycles. The highest BCUT2D eigenvalue weighted by Crippen LogP contribution is 2.00. The van der Waals surface area contributed by atoms with E-state index in [0.29, 0.717) is 0 Å². The van der Waals surface area contributed by atoms with E-state index in [2.05, 4.69) is 39.4 Å². The molecule has 2 heterocycles. The molecule has 2 aromatic heterocycles. The number of nitrogens with zero attached hydrogens (tertiary/aromatic N) is 1. The molecule has 0 saturated heterocycles. The Morgan fingerprint density at radius 1 is 1.29 bits per heavy atom. The van der Waals surface area contributed by atoms with Gasteiger partial charge in [-0.2, -0.15) is 0 Å². The van der Waals surface area contributed by atoms with Gasteiger partial charge in [-0.3, -0.25) is 0 Å². The zero-order valence-electron chi connectivity index (χ0n) is 8.33. The van der Waals surface area contributed by atoms with Gasteiger partial charge in [0.1, 0.15) is 0 Å². The van der Waals surface area contributed by atoms with Crippen LogP contribution in [0.25, 0.3) is 0 Å². The summed E-state index contributed by atoms with van der Waals surface area (Å²) < 4.78 is 2.06. The van der Waals surface area contributed by atoms with E-state index in [1.165, 1.54) is 11.1 Å². The zero-order chi connectivity index (χ0) is 9.80. The van der Waals surface area contributed by atoms with E-state index >= 15 is 0 Å². The summed E-state index contributed by atoms with van der Waals surface area (Å²) in [6.45, 7) is 1.84. The minimum absolute atomic E-state index is 0.915. The number of H-pyrrole nitrogens is 1. The van der Waals surface area contributed by atoms with Crippen LogP contribution in [0.1, 0.15) is 11.1 Å². The van der Waals surface area contributed by atoms with Gasteiger partial charge in [-0.1, -0.05) is 0 Å². The molecule has 0 amide bonds. The molecule has 14 heavy (non-hydrogen) atoms. The third-order valence-electron chi connectivity index (χ3n) is 2.21. The summed E-state index contributed by atoms with van der Waals surface area (Å²) in [7, 11) is 2.04. The maximum absolute atomic E-state index is 3.38.